The number of rotatable bonds is 6. The van der Waals surface area contributed by atoms with Crippen molar-refractivity contribution in [2.45, 2.75) is 6.54 Å². The molecule has 0 atom stereocenters. The van der Waals surface area contributed by atoms with Crippen LogP contribution in [-0.2, 0) is 6.54 Å². The number of hydrogen-bond donors (Lipinski definition) is 3. The molecule has 3 rings (SSSR count). The fourth-order valence-electron chi connectivity index (χ4n) is 2.33. The van der Waals surface area contributed by atoms with Gasteiger partial charge in [-0.25, -0.2) is 9.78 Å². The van der Waals surface area contributed by atoms with Crippen LogP contribution in [0.4, 0.5) is 10.5 Å². The molecule has 3 amide bonds. The minimum Gasteiger partial charge on any atom is -0.439 e. The smallest absolute Gasteiger partial charge is 0.312 e. The molecule has 0 saturated heterocycles. The van der Waals surface area contributed by atoms with E-state index in [2.05, 4.69) is 31.5 Å². The van der Waals surface area contributed by atoms with Gasteiger partial charge < -0.3 is 21.1 Å². The first-order chi connectivity index (χ1) is 13.5. The van der Waals surface area contributed by atoms with Gasteiger partial charge in [0.1, 0.15) is 5.75 Å². The number of primary amides is 1. The maximum Gasteiger partial charge on any atom is 0.312 e. The molecule has 4 N–H and O–H groups in total. The second-order valence-electron chi connectivity index (χ2n) is 5.81. The quantitative estimate of drug-likeness (QED) is 0.537. The van der Waals surface area contributed by atoms with Crippen LogP contribution in [-0.4, -0.2) is 16.9 Å². The number of pyridine rings is 1. The van der Waals surface area contributed by atoms with E-state index in [1.54, 1.807) is 36.4 Å². The Balaban J connectivity index is 1.58. The van der Waals surface area contributed by atoms with Crippen molar-refractivity contribution in [3.05, 3.63) is 82.5 Å². The number of anilines is 1. The van der Waals surface area contributed by atoms with Crippen LogP contribution in [0.3, 0.4) is 0 Å². The molecule has 0 unspecified atom stereocenters. The van der Waals surface area contributed by atoms with Crippen LogP contribution in [0.1, 0.15) is 15.9 Å². The first kappa shape index (κ1) is 19.4. The van der Waals surface area contributed by atoms with E-state index in [1.807, 2.05) is 24.3 Å². The standard InChI is InChI=1S/C20H17BrN4O3/c21-15-2-1-3-17(10-15)28-18-9-8-16(12-23-18)25-19(26)14-6-4-13(5-7-14)11-24-20(22)27/h1-10,12H,11H2,(H,25,26)(H3,22,24,27). The third kappa shape index (κ3) is 5.55. The number of amides is 3. The topological polar surface area (TPSA) is 106 Å². The fourth-order valence-corrected chi connectivity index (χ4v) is 2.71. The molecule has 0 aliphatic rings. The van der Waals surface area contributed by atoms with Crippen LogP contribution in [0, 0.1) is 0 Å². The normalized spacial score (nSPS) is 10.2. The lowest BCUT2D eigenvalue weighted by Crippen LogP contribution is -2.28. The van der Waals surface area contributed by atoms with Gasteiger partial charge >= 0.3 is 6.03 Å². The van der Waals surface area contributed by atoms with Gasteiger partial charge in [-0.1, -0.05) is 34.1 Å². The minimum atomic E-state index is -0.596. The molecule has 28 heavy (non-hydrogen) atoms. The summed E-state index contributed by atoms with van der Waals surface area (Å²) < 4.78 is 6.57. The van der Waals surface area contributed by atoms with Crippen molar-refractivity contribution in [1.82, 2.24) is 10.3 Å². The van der Waals surface area contributed by atoms with Crippen LogP contribution in [0.5, 0.6) is 11.6 Å². The number of carbonyl (C=O) groups is 2. The number of urea groups is 1. The number of hydrogen-bond acceptors (Lipinski definition) is 4. The van der Waals surface area contributed by atoms with Gasteiger partial charge in [-0.2, -0.15) is 0 Å². The van der Waals surface area contributed by atoms with E-state index in [4.69, 9.17) is 10.5 Å². The highest BCUT2D eigenvalue weighted by Crippen LogP contribution is 2.23. The maximum atomic E-state index is 12.3. The number of nitrogens with one attached hydrogen (secondary N) is 2. The van der Waals surface area contributed by atoms with E-state index in [1.165, 1.54) is 6.20 Å². The van der Waals surface area contributed by atoms with Crippen LogP contribution >= 0.6 is 15.9 Å². The van der Waals surface area contributed by atoms with Gasteiger partial charge in [-0.15, -0.1) is 0 Å². The Hall–Kier alpha value is -3.39. The molecule has 0 radical (unpaired) electrons. The largest absolute Gasteiger partial charge is 0.439 e. The third-order valence-electron chi connectivity index (χ3n) is 3.70. The zero-order valence-electron chi connectivity index (χ0n) is 14.7. The van der Waals surface area contributed by atoms with Crippen molar-refractivity contribution in [2.75, 3.05) is 5.32 Å². The van der Waals surface area contributed by atoms with Crippen molar-refractivity contribution in [3.8, 4) is 11.6 Å². The van der Waals surface area contributed by atoms with Gasteiger partial charge in [0.15, 0.2) is 0 Å². The third-order valence-corrected chi connectivity index (χ3v) is 4.19. The Bertz CT molecular complexity index is 976. The molecule has 1 heterocycles. The fraction of sp³-hybridized carbons (Fsp3) is 0.0500. The second kappa shape index (κ2) is 9.01. The van der Waals surface area contributed by atoms with Gasteiger partial charge in [0.25, 0.3) is 5.91 Å². The molecule has 0 saturated carbocycles. The van der Waals surface area contributed by atoms with Crippen LogP contribution in [0.15, 0.2) is 71.3 Å². The molecule has 0 aliphatic carbocycles. The maximum absolute atomic E-state index is 12.3. The number of aromatic nitrogens is 1. The Kier molecular flexibility index (Phi) is 6.23. The molecular weight excluding hydrogens is 424 g/mol. The zero-order chi connectivity index (χ0) is 19.9. The summed E-state index contributed by atoms with van der Waals surface area (Å²) in [7, 11) is 0. The number of halogens is 1. The van der Waals surface area contributed by atoms with E-state index in [9.17, 15) is 9.59 Å². The monoisotopic (exact) mass is 440 g/mol. The Labute approximate surface area is 170 Å². The van der Waals surface area contributed by atoms with Crippen molar-refractivity contribution in [2.24, 2.45) is 5.73 Å². The number of carbonyl (C=O) groups excluding carboxylic acids is 2. The molecule has 0 aliphatic heterocycles. The molecule has 8 heteroatoms. The predicted octanol–water partition coefficient (Wildman–Crippen LogP) is 4.06. The van der Waals surface area contributed by atoms with E-state index in [0.29, 0.717) is 29.4 Å². The Morgan fingerprint density at radius 3 is 2.50 bits per heavy atom. The SMILES string of the molecule is NC(=O)NCc1ccc(C(=O)Nc2ccc(Oc3cccc(Br)c3)nc2)cc1. The molecule has 7 nitrogen and oxygen atoms in total. The van der Waals surface area contributed by atoms with E-state index in [0.717, 1.165) is 10.0 Å². The van der Waals surface area contributed by atoms with Gasteiger partial charge in [0.2, 0.25) is 5.88 Å². The van der Waals surface area contributed by atoms with Gasteiger partial charge in [-0.05, 0) is 42.0 Å². The highest BCUT2D eigenvalue weighted by atomic mass is 79.9. The molecule has 0 bridgehead atoms. The molecule has 2 aromatic carbocycles. The van der Waals surface area contributed by atoms with E-state index >= 15 is 0 Å². The summed E-state index contributed by atoms with van der Waals surface area (Å²) in [6.45, 7) is 0.306. The van der Waals surface area contributed by atoms with Gasteiger partial charge in [0.05, 0.1) is 11.9 Å². The molecule has 3 aromatic rings. The van der Waals surface area contributed by atoms with Crippen LogP contribution in [0.2, 0.25) is 0 Å². The highest BCUT2D eigenvalue weighted by molar-refractivity contribution is 9.10. The van der Waals surface area contributed by atoms with E-state index < -0.39 is 6.03 Å². The number of nitrogens with two attached hydrogens (primary N) is 1. The van der Waals surface area contributed by atoms with Crippen molar-refractivity contribution >= 4 is 33.6 Å². The summed E-state index contributed by atoms with van der Waals surface area (Å²) in [5.41, 5.74) is 6.90. The Morgan fingerprint density at radius 2 is 1.86 bits per heavy atom. The second-order valence-corrected chi connectivity index (χ2v) is 6.73. The van der Waals surface area contributed by atoms with Crippen LogP contribution in [0.25, 0.3) is 0 Å². The minimum absolute atomic E-state index is 0.267. The molecule has 1 aromatic heterocycles. The summed E-state index contributed by atoms with van der Waals surface area (Å²) in [5.74, 6) is 0.809. The average Bonchev–Trinajstić information content (AvgIpc) is 2.68. The lowest BCUT2D eigenvalue weighted by Gasteiger charge is -2.08. The van der Waals surface area contributed by atoms with E-state index in [-0.39, 0.29) is 5.91 Å². The molecular formula is C20H17BrN4O3. The van der Waals surface area contributed by atoms with Gasteiger partial charge in [-0.3, -0.25) is 4.79 Å². The molecule has 0 spiro atoms. The lowest BCUT2D eigenvalue weighted by atomic mass is 10.1. The predicted molar refractivity (Wildman–Crippen MR) is 109 cm³/mol. The summed E-state index contributed by atoms with van der Waals surface area (Å²) >= 11 is 3.38. The zero-order valence-corrected chi connectivity index (χ0v) is 16.3. The lowest BCUT2D eigenvalue weighted by molar-refractivity contribution is 0.102. The summed E-state index contributed by atoms with van der Waals surface area (Å²) in [6.07, 6.45) is 1.52. The molecule has 0 fully saturated rings. The number of ether oxygens (including phenoxy) is 1. The van der Waals surface area contributed by atoms with Crippen LogP contribution < -0.4 is 21.1 Å². The van der Waals surface area contributed by atoms with Gasteiger partial charge in [0, 0.05) is 22.6 Å². The first-order valence-corrected chi connectivity index (χ1v) is 9.12. The van der Waals surface area contributed by atoms with Crippen molar-refractivity contribution in [1.29, 1.82) is 0 Å². The summed E-state index contributed by atoms with van der Waals surface area (Å²) in [5, 5.41) is 5.27. The molecule has 142 valence electrons. The number of nitrogens with zero attached hydrogens (tertiary/aromatic N) is 1. The average molecular weight is 441 g/mol. The number of benzene rings is 2. The summed E-state index contributed by atoms with van der Waals surface area (Å²) in [6, 6.07) is 17.1. The Morgan fingerprint density at radius 1 is 1.07 bits per heavy atom. The highest BCUT2D eigenvalue weighted by Gasteiger charge is 2.07. The van der Waals surface area contributed by atoms with Crippen molar-refractivity contribution in [3.63, 3.8) is 0 Å². The summed E-state index contributed by atoms with van der Waals surface area (Å²) in [4.78, 5) is 27.3. The van der Waals surface area contributed by atoms with Crippen molar-refractivity contribution < 1.29 is 14.3 Å². The first-order valence-electron chi connectivity index (χ1n) is 8.33.